The number of nitrogens with two attached hydrogens (primary N) is 1. The van der Waals surface area contributed by atoms with E-state index in [1.807, 2.05) is 0 Å². The molecule has 0 radical (unpaired) electrons. The average Bonchev–Trinajstić information content (AvgIpc) is 2.08. The van der Waals surface area contributed by atoms with Crippen LogP contribution in [0.2, 0.25) is 0 Å². The van der Waals surface area contributed by atoms with Gasteiger partial charge in [-0.05, 0) is 12.1 Å². The van der Waals surface area contributed by atoms with Crippen LogP contribution in [0.1, 0.15) is 0 Å². The maximum absolute atomic E-state index is 12.7. The molecule has 1 aromatic carbocycles. The Morgan fingerprint density at radius 2 is 2.17 bits per heavy atom. The van der Waals surface area contributed by atoms with Gasteiger partial charge in [-0.3, -0.25) is 9.90 Å². The molecule has 0 fully saturated rings. The fourth-order valence-electron chi connectivity index (χ4n) is 0.888. The van der Waals surface area contributed by atoms with Gasteiger partial charge in [0.05, 0.1) is 18.5 Å². The molecule has 2 N–H and O–H groups in total. The van der Waals surface area contributed by atoms with Crippen molar-refractivity contribution in [3.8, 4) is 0 Å². The average molecular weight is 170 g/mol. The lowest BCUT2D eigenvalue weighted by Crippen LogP contribution is -2.16. The van der Waals surface area contributed by atoms with Crippen molar-refractivity contribution in [1.82, 2.24) is 0 Å². The lowest BCUT2D eigenvalue weighted by atomic mass is 10.2. The quantitative estimate of drug-likeness (QED) is 0.538. The van der Waals surface area contributed by atoms with Crippen molar-refractivity contribution in [3.05, 3.63) is 24.0 Å². The molecule has 0 unspecified atom stereocenters. The molecule has 0 aliphatic rings. The summed E-state index contributed by atoms with van der Waals surface area (Å²) in [4.78, 5) is 4.86. The van der Waals surface area contributed by atoms with E-state index in [2.05, 4.69) is 0 Å². The van der Waals surface area contributed by atoms with Gasteiger partial charge in [-0.2, -0.15) is 0 Å². The molecule has 0 aliphatic heterocycles. The molecule has 0 spiro atoms. The maximum atomic E-state index is 12.7. The topological polar surface area (TPSA) is 38.5 Å². The smallest absolute Gasteiger partial charge is 0.125 e. The fourth-order valence-corrected chi connectivity index (χ4v) is 0.888. The predicted molar refractivity (Wildman–Crippen MR) is 46.2 cm³/mol. The van der Waals surface area contributed by atoms with Crippen molar-refractivity contribution < 1.29 is 9.23 Å². The summed E-state index contributed by atoms with van der Waals surface area (Å²) in [5, 5.41) is 1.40. The molecule has 0 amide bonds. The molecule has 3 nitrogen and oxygen atoms in total. The van der Waals surface area contributed by atoms with Gasteiger partial charge >= 0.3 is 0 Å². The Bertz CT molecular complexity index is 278. The number of halogens is 1. The number of nitrogen functional groups attached to an aromatic ring is 1. The normalized spacial score (nSPS) is 9.92. The molecule has 0 heterocycles. The first-order chi connectivity index (χ1) is 5.65. The van der Waals surface area contributed by atoms with E-state index in [1.165, 1.54) is 30.4 Å². The molecular formula is C8H11FN2O. The van der Waals surface area contributed by atoms with Crippen LogP contribution in [0, 0.1) is 5.82 Å². The summed E-state index contributed by atoms with van der Waals surface area (Å²) in [6.45, 7) is 0. The second kappa shape index (κ2) is 3.40. The van der Waals surface area contributed by atoms with E-state index in [0.717, 1.165) is 0 Å². The predicted octanol–water partition coefficient (Wildman–Crippen LogP) is 1.41. The number of nitrogens with zero attached hydrogens (tertiary/aromatic N) is 1. The Kier molecular flexibility index (Phi) is 2.50. The number of rotatable bonds is 2. The van der Waals surface area contributed by atoms with Gasteiger partial charge in [0.25, 0.3) is 0 Å². The second-order valence-electron chi connectivity index (χ2n) is 2.38. The summed E-state index contributed by atoms with van der Waals surface area (Å²) in [6.07, 6.45) is 0. The van der Waals surface area contributed by atoms with E-state index in [9.17, 15) is 4.39 Å². The second-order valence-corrected chi connectivity index (χ2v) is 2.38. The van der Waals surface area contributed by atoms with Gasteiger partial charge in [-0.25, -0.2) is 4.39 Å². The molecule has 0 saturated carbocycles. The first-order valence-electron chi connectivity index (χ1n) is 3.48. The molecule has 4 heteroatoms. The minimum absolute atomic E-state index is 0.330. The van der Waals surface area contributed by atoms with Crippen LogP contribution in [-0.2, 0) is 4.84 Å². The summed E-state index contributed by atoms with van der Waals surface area (Å²) >= 11 is 0. The van der Waals surface area contributed by atoms with Gasteiger partial charge in [0.2, 0.25) is 0 Å². The lowest BCUT2D eigenvalue weighted by molar-refractivity contribution is 0.185. The molecule has 0 aliphatic carbocycles. The molecule has 1 rings (SSSR count). The zero-order valence-electron chi connectivity index (χ0n) is 7.04. The first kappa shape index (κ1) is 8.80. The third-order valence-corrected chi connectivity index (χ3v) is 1.61. The molecule has 12 heavy (non-hydrogen) atoms. The zero-order valence-corrected chi connectivity index (χ0v) is 7.04. The van der Waals surface area contributed by atoms with Gasteiger partial charge in [0, 0.05) is 13.1 Å². The van der Waals surface area contributed by atoms with Crippen molar-refractivity contribution >= 4 is 11.4 Å². The van der Waals surface area contributed by atoms with Crippen LogP contribution in [0.25, 0.3) is 0 Å². The third kappa shape index (κ3) is 1.65. The highest BCUT2D eigenvalue weighted by Crippen LogP contribution is 2.22. The molecular weight excluding hydrogens is 159 g/mol. The Hall–Kier alpha value is -1.29. The van der Waals surface area contributed by atoms with Crippen LogP contribution in [0.4, 0.5) is 15.8 Å². The molecule has 66 valence electrons. The summed E-state index contributed by atoms with van der Waals surface area (Å²) in [5.74, 6) is -0.330. The summed E-state index contributed by atoms with van der Waals surface area (Å²) in [6, 6.07) is 4.13. The molecule has 0 aromatic heterocycles. The number of benzene rings is 1. The molecule has 1 aromatic rings. The van der Waals surface area contributed by atoms with E-state index >= 15 is 0 Å². The van der Waals surface area contributed by atoms with Gasteiger partial charge in [0.1, 0.15) is 5.82 Å². The van der Waals surface area contributed by atoms with Crippen molar-refractivity contribution in [2.45, 2.75) is 0 Å². The van der Waals surface area contributed by atoms with Gasteiger partial charge in [-0.15, -0.1) is 0 Å². The Morgan fingerprint density at radius 3 is 2.75 bits per heavy atom. The standard InChI is InChI=1S/C8H11FN2O/c1-11(12-2)8-5-6(9)3-4-7(8)10/h3-5H,10H2,1-2H3. The van der Waals surface area contributed by atoms with E-state index < -0.39 is 0 Å². The molecule has 0 bridgehead atoms. The van der Waals surface area contributed by atoms with Crippen molar-refractivity contribution in [2.24, 2.45) is 0 Å². The van der Waals surface area contributed by atoms with E-state index in [4.69, 9.17) is 10.6 Å². The first-order valence-corrected chi connectivity index (χ1v) is 3.48. The fraction of sp³-hybridized carbons (Fsp3) is 0.250. The number of hydrogen-bond acceptors (Lipinski definition) is 3. The SMILES string of the molecule is CON(C)c1cc(F)ccc1N. The van der Waals surface area contributed by atoms with E-state index in [1.54, 1.807) is 7.05 Å². The van der Waals surface area contributed by atoms with E-state index in [-0.39, 0.29) is 5.82 Å². The van der Waals surface area contributed by atoms with E-state index in [0.29, 0.717) is 11.4 Å². The Morgan fingerprint density at radius 1 is 1.50 bits per heavy atom. The van der Waals surface area contributed by atoms with Crippen LogP contribution in [0.3, 0.4) is 0 Å². The lowest BCUT2D eigenvalue weighted by Gasteiger charge is -2.17. The maximum Gasteiger partial charge on any atom is 0.125 e. The van der Waals surface area contributed by atoms with Crippen LogP contribution < -0.4 is 10.8 Å². The van der Waals surface area contributed by atoms with Crippen LogP contribution in [-0.4, -0.2) is 14.2 Å². The van der Waals surface area contributed by atoms with Crippen LogP contribution in [0.5, 0.6) is 0 Å². The highest BCUT2D eigenvalue weighted by Gasteiger charge is 2.04. The van der Waals surface area contributed by atoms with Gasteiger partial charge in [-0.1, -0.05) is 0 Å². The van der Waals surface area contributed by atoms with Crippen molar-refractivity contribution in [3.63, 3.8) is 0 Å². The van der Waals surface area contributed by atoms with Gasteiger partial charge < -0.3 is 5.73 Å². The van der Waals surface area contributed by atoms with Gasteiger partial charge in [0.15, 0.2) is 0 Å². The highest BCUT2D eigenvalue weighted by atomic mass is 19.1. The van der Waals surface area contributed by atoms with Crippen LogP contribution in [0.15, 0.2) is 18.2 Å². The van der Waals surface area contributed by atoms with Crippen molar-refractivity contribution in [1.29, 1.82) is 0 Å². The summed E-state index contributed by atoms with van der Waals surface area (Å²) < 4.78 is 12.7. The third-order valence-electron chi connectivity index (χ3n) is 1.61. The minimum Gasteiger partial charge on any atom is -0.397 e. The molecule has 0 atom stereocenters. The number of anilines is 2. The Labute approximate surface area is 70.5 Å². The minimum atomic E-state index is -0.330. The number of hydrogen-bond donors (Lipinski definition) is 1. The van der Waals surface area contributed by atoms with Crippen LogP contribution >= 0.6 is 0 Å². The number of hydroxylamine groups is 1. The largest absolute Gasteiger partial charge is 0.397 e. The molecule has 0 saturated heterocycles. The zero-order chi connectivity index (χ0) is 9.14. The summed E-state index contributed by atoms with van der Waals surface area (Å²) in [5.41, 5.74) is 6.59. The van der Waals surface area contributed by atoms with Crippen molar-refractivity contribution in [2.75, 3.05) is 25.0 Å². The monoisotopic (exact) mass is 170 g/mol. The highest BCUT2D eigenvalue weighted by molar-refractivity contribution is 5.65. The summed E-state index contributed by atoms with van der Waals surface area (Å²) in [7, 11) is 3.15. The Balaban J connectivity index is 3.04.